The zero-order valence-corrected chi connectivity index (χ0v) is 15.8. The number of hydrogen-bond donors (Lipinski definition) is 2. The molecule has 1 heterocycles. The molecule has 0 aliphatic carbocycles. The first kappa shape index (κ1) is 19.1. The summed E-state index contributed by atoms with van der Waals surface area (Å²) in [5, 5.41) is 7.82. The van der Waals surface area contributed by atoms with Crippen molar-refractivity contribution in [1.29, 1.82) is 0 Å². The Morgan fingerprint density at radius 2 is 1.84 bits per heavy atom. The van der Waals surface area contributed by atoms with Crippen molar-refractivity contribution >= 4 is 28.8 Å². The second-order valence-electron chi connectivity index (χ2n) is 6.15. The number of thiophene rings is 1. The maximum atomic E-state index is 12.2. The Balaban J connectivity index is 1.71. The summed E-state index contributed by atoms with van der Waals surface area (Å²) in [5.74, 6) is -0.193. The van der Waals surface area contributed by atoms with E-state index in [0.29, 0.717) is 6.54 Å². The first-order valence-electron chi connectivity index (χ1n) is 8.29. The molecule has 0 aliphatic heterocycles. The Morgan fingerprint density at radius 3 is 2.56 bits per heavy atom. The number of rotatable bonds is 8. The molecule has 0 radical (unpaired) electrons. The fraction of sp³-hybridized carbons (Fsp3) is 0.368. The van der Waals surface area contributed by atoms with E-state index in [1.807, 2.05) is 43.5 Å². The fourth-order valence-corrected chi connectivity index (χ4v) is 3.17. The molecule has 2 aromatic rings. The first-order chi connectivity index (χ1) is 12.0. The van der Waals surface area contributed by atoms with Crippen LogP contribution in [0, 0.1) is 13.8 Å². The van der Waals surface area contributed by atoms with E-state index >= 15 is 0 Å². The number of hydrogen-bond acceptors (Lipinski definition) is 4. The maximum absolute atomic E-state index is 12.2. The van der Waals surface area contributed by atoms with Crippen LogP contribution in [0.15, 0.2) is 35.7 Å². The number of nitrogens with one attached hydrogen (secondary N) is 2. The van der Waals surface area contributed by atoms with E-state index in [1.165, 1.54) is 4.88 Å². The van der Waals surface area contributed by atoms with Crippen LogP contribution in [-0.4, -0.2) is 43.4 Å². The van der Waals surface area contributed by atoms with Gasteiger partial charge in [0.25, 0.3) is 0 Å². The minimum Gasteiger partial charge on any atom is -0.355 e. The Hall–Kier alpha value is -2.18. The number of amides is 2. The maximum Gasteiger partial charge on any atom is 0.238 e. The Bertz CT molecular complexity index is 713. The molecule has 134 valence electrons. The third kappa shape index (κ3) is 6.32. The molecule has 0 bridgehead atoms. The number of aryl methyl sites for hydroxylation is 1. The molecule has 0 saturated carbocycles. The predicted octanol–water partition coefficient (Wildman–Crippen LogP) is 2.59. The van der Waals surface area contributed by atoms with Gasteiger partial charge < -0.3 is 10.6 Å². The van der Waals surface area contributed by atoms with Crippen LogP contribution in [0.25, 0.3) is 0 Å². The minimum absolute atomic E-state index is 0.0707. The molecule has 0 aliphatic rings. The summed E-state index contributed by atoms with van der Waals surface area (Å²) >= 11 is 1.69. The number of anilines is 1. The third-order valence-electron chi connectivity index (χ3n) is 3.98. The van der Waals surface area contributed by atoms with Gasteiger partial charge in [-0.3, -0.25) is 14.5 Å². The number of benzene rings is 1. The molecule has 0 atom stereocenters. The highest BCUT2D eigenvalue weighted by Gasteiger charge is 2.12. The Kier molecular flexibility index (Phi) is 7.16. The molecule has 2 amide bonds. The van der Waals surface area contributed by atoms with Crippen molar-refractivity contribution in [2.24, 2.45) is 0 Å². The normalized spacial score (nSPS) is 10.7. The lowest BCUT2D eigenvalue weighted by Gasteiger charge is -2.17. The monoisotopic (exact) mass is 359 g/mol. The first-order valence-corrected chi connectivity index (χ1v) is 9.17. The number of carbonyl (C=O) groups is 2. The van der Waals surface area contributed by atoms with Crippen LogP contribution in [-0.2, 0) is 16.0 Å². The van der Waals surface area contributed by atoms with Crippen molar-refractivity contribution in [3.8, 4) is 0 Å². The standard InChI is InChI=1S/C19H25N3O2S/c1-14-6-4-8-17(15(14)2)21-19(24)13-22(3)12-18(23)20-10-9-16-7-5-11-25-16/h4-8,11H,9-10,12-13H2,1-3H3,(H,20,23)(H,21,24). The van der Waals surface area contributed by atoms with Crippen LogP contribution in [0.4, 0.5) is 5.69 Å². The van der Waals surface area contributed by atoms with Gasteiger partial charge in [0.2, 0.25) is 11.8 Å². The molecule has 1 aromatic carbocycles. The van der Waals surface area contributed by atoms with E-state index in [9.17, 15) is 9.59 Å². The molecular weight excluding hydrogens is 334 g/mol. The van der Waals surface area contributed by atoms with Gasteiger partial charge >= 0.3 is 0 Å². The molecule has 0 saturated heterocycles. The van der Waals surface area contributed by atoms with Gasteiger partial charge in [0.1, 0.15) is 0 Å². The third-order valence-corrected chi connectivity index (χ3v) is 4.92. The van der Waals surface area contributed by atoms with E-state index in [-0.39, 0.29) is 24.9 Å². The molecule has 2 rings (SSSR count). The van der Waals surface area contributed by atoms with Crippen LogP contribution in [0.5, 0.6) is 0 Å². The molecule has 0 unspecified atom stereocenters. The van der Waals surface area contributed by atoms with Crippen molar-refractivity contribution in [2.45, 2.75) is 20.3 Å². The summed E-state index contributed by atoms with van der Waals surface area (Å²) < 4.78 is 0. The minimum atomic E-state index is -0.123. The molecular formula is C19H25N3O2S. The SMILES string of the molecule is Cc1cccc(NC(=O)CN(C)CC(=O)NCCc2cccs2)c1C. The fourth-order valence-electron chi connectivity index (χ4n) is 2.46. The molecule has 0 spiro atoms. The number of carbonyl (C=O) groups excluding carboxylic acids is 2. The molecule has 2 N–H and O–H groups in total. The lowest BCUT2D eigenvalue weighted by Crippen LogP contribution is -2.39. The average molecular weight is 359 g/mol. The summed E-state index contributed by atoms with van der Waals surface area (Å²) in [6.45, 7) is 4.98. The topological polar surface area (TPSA) is 61.4 Å². The van der Waals surface area contributed by atoms with E-state index in [4.69, 9.17) is 0 Å². The summed E-state index contributed by atoms with van der Waals surface area (Å²) in [6, 6.07) is 9.88. The second-order valence-corrected chi connectivity index (χ2v) is 7.18. The van der Waals surface area contributed by atoms with Gasteiger partial charge in [-0.15, -0.1) is 11.3 Å². The van der Waals surface area contributed by atoms with E-state index < -0.39 is 0 Å². The average Bonchev–Trinajstić information content (AvgIpc) is 3.05. The van der Waals surface area contributed by atoms with Crippen LogP contribution >= 0.6 is 11.3 Å². The van der Waals surface area contributed by atoms with Crippen molar-refractivity contribution in [1.82, 2.24) is 10.2 Å². The zero-order valence-electron chi connectivity index (χ0n) is 15.0. The van der Waals surface area contributed by atoms with Gasteiger partial charge in [0.05, 0.1) is 13.1 Å². The summed E-state index contributed by atoms with van der Waals surface area (Å²) in [5.41, 5.74) is 3.01. The van der Waals surface area contributed by atoms with Crippen LogP contribution in [0.2, 0.25) is 0 Å². The summed E-state index contributed by atoms with van der Waals surface area (Å²) in [6.07, 6.45) is 0.834. The largest absolute Gasteiger partial charge is 0.355 e. The summed E-state index contributed by atoms with van der Waals surface area (Å²) in [4.78, 5) is 27.1. The predicted molar refractivity (Wildman–Crippen MR) is 103 cm³/mol. The van der Waals surface area contributed by atoms with Gasteiger partial charge in [0, 0.05) is 17.1 Å². The highest BCUT2D eigenvalue weighted by atomic mass is 32.1. The molecule has 5 nitrogen and oxygen atoms in total. The van der Waals surface area contributed by atoms with E-state index in [0.717, 1.165) is 23.2 Å². The molecule has 0 fully saturated rings. The quantitative estimate of drug-likeness (QED) is 0.762. The van der Waals surface area contributed by atoms with Crippen molar-refractivity contribution in [3.63, 3.8) is 0 Å². The number of likely N-dealkylation sites (N-methyl/N-ethyl adjacent to an activating group) is 1. The van der Waals surface area contributed by atoms with Gasteiger partial charge in [-0.1, -0.05) is 18.2 Å². The van der Waals surface area contributed by atoms with E-state index in [2.05, 4.69) is 16.7 Å². The second kappa shape index (κ2) is 9.34. The van der Waals surface area contributed by atoms with Gasteiger partial charge in [-0.25, -0.2) is 0 Å². The van der Waals surface area contributed by atoms with Crippen LogP contribution < -0.4 is 10.6 Å². The van der Waals surface area contributed by atoms with Crippen molar-refractivity contribution < 1.29 is 9.59 Å². The number of nitrogens with zero attached hydrogens (tertiary/aromatic N) is 1. The highest BCUT2D eigenvalue weighted by Crippen LogP contribution is 2.17. The smallest absolute Gasteiger partial charge is 0.238 e. The summed E-state index contributed by atoms with van der Waals surface area (Å²) in [7, 11) is 1.77. The van der Waals surface area contributed by atoms with Crippen LogP contribution in [0.3, 0.4) is 0 Å². The van der Waals surface area contributed by atoms with E-state index in [1.54, 1.807) is 23.3 Å². The van der Waals surface area contributed by atoms with Crippen LogP contribution in [0.1, 0.15) is 16.0 Å². The highest BCUT2D eigenvalue weighted by molar-refractivity contribution is 7.09. The Labute approximate surface area is 153 Å². The van der Waals surface area contributed by atoms with Crippen molar-refractivity contribution in [2.75, 3.05) is 32.0 Å². The lowest BCUT2D eigenvalue weighted by atomic mass is 10.1. The van der Waals surface area contributed by atoms with Gasteiger partial charge in [-0.2, -0.15) is 0 Å². The van der Waals surface area contributed by atoms with Crippen molar-refractivity contribution in [3.05, 3.63) is 51.7 Å². The van der Waals surface area contributed by atoms with Gasteiger partial charge in [0.15, 0.2) is 0 Å². The molecule has 6 heteroatoms. The molecule has 25 heavy (non-hydrogen) atoms. The zero-order chi connectivity index (χ0) is 18.2. The molecule has 1 aromatic heterocycles. The Morgan fingerprint density at radius 1 is 1.08 bits per heavy atom. The lowest BCUT2D eigenvalue weighted by molar-refractivity contribution is -0.122. The van der Waals surface area contributed by atoms with Gasteiger partial charge in [-0.05, 0) is 56.0 Å².